The van der Waals surface area contributed by atoms with E-state index in [-0.39, 0.29) is 21.3 Å². The Kier molecular flexibility index (Phi) is 5.77. The molecule has 1 amide bonds. The second-order valence-electron chi connectivity index (χ2n) is 3.71. The molecule has 0 unspecified atom stereocenters. The molecule has 0 spiro atoms. The quantitative estimate of drug-likeness (QED) is 0.452. The van der Waals surface area contributed by atoms with Gasteiger partial charge in [0.25, 0.3) is 11.6 Å². The van der Waals surface area contributed by atoms with Crippen LogP contribution in [0.25, 0.3) is 0 Å². The van der Waals surface area contributed by atoms with Gasteiger partial charge < -0.3 is 0 Å². The van der Waals surface area contributed by atoms with E-state index in [0.717, 1.165) is 18.0 Å². The number of hydrogen-bond acceptors (Lipinski definition) is 7. The number of pyridine rings is 1. The van der Waals surface area contributed by atoms with Crippen LogP contribution >= 0.6 is 46.6 Å². The number of nitrogens with zero attached hydrogens (tertiary/aromatic N) is 4. The summed E-state index contributed by atoms with van der Waals surface area (Å²) in [5, 5.41) is 19.4. The molecule has 0 aliphatic carbocycles. The number of H-pyrrole nitrogens is 1. The standard InChI is InChI=1S/C10H5Cl3N6O3S/c11-6(7(12)13)8(20)15-9-16-10(18-17-9)23-5-2-1-4(3-14-5)19(21)22/h1-3H,(H2,15,16,17,18,20). The first-order valence-corrected chi connectivity index (χ1v) is 7.54. The van der Waals surface area contributed by atoms with Crippen LogP contribution < -0.4 is 5.32 Å². The SMILES string of the molecule is O=C(Nc1nc(Sc2ccc([N+](=O)[O-])cn2)n[nH]1)C(Cl)=C(Cl)Cl. The van der Waals surface area contributed by atoms with Crippen LogP contribution in [0, 0.1) is 10.1 Å². The molecule has 120 valence electrons. The van der Waals surface area contributed by atoms with Gasteiger partial charge in [-0.15, -0.1) is 5.10 Å². The highest BCUT2D eigenvalue weighted by Gasteiger charge is 2.14. The molecule has 2 aromatic heterocycles. The fourth-order valence-electron chi connectivity index (χ4n) is 1.23. The topological polar surface area (TPSA) is 127 Å². The van der Waals surface area contributed by atoms with Gasteiger partial charge in [-0.1, -0.05) is 34.8 Å². The van der Waals surface area contributed by atoms with Crippen molar-refractivity contribution in [1.29, 1.82) is 0 Å². The second-order valence-corrected chi connectivity index (χ2v) is 6.02. The summed E-state index contributed by atoms with van der Waals surface area (Å²) in [6, 6.07) is 2.75. The third-order valence-corrected chi connectivity index (χ3v) is 3.94. The van der Waals surface area contributed by atoms with Gasteiger partial charge in [0, 0.05) is 6.07 Å². The maximum Gasteiger partial charge on any atom is 0.287 e. The van der Waals surface area contributed by atoms with Crippen molar-refractivity contribution in [2.75, 3.05) is 5.32 Å². The molecule has 0 fully saturated rings. The smallest absolute Gasteiger partial charge is 0.287 e. The van der Waals surface area contributed by atoms with Gasteiger partial charge in [-0.3, -0.25) is 20.2 Å². The minimum absolute atomic E-state index is 0.0205. The van der Waals surface area contributed by atoms with Gasteiger partial charge >= 0.3 is 0 Å². The molecule has 0 aliphatic heterocycles. The maximum atomic E-state index is 11.6. The highest BCUT2D eigenvalue weighted by Crippen LogP contribution is 2.25. The lowest BCUT2D eigenvalue weighted by Crippen LogP contribution is -2.12. The van der Waals surface area contributed by atoms with Crippen molar-refractivity contribution in [3.63, 3.8) is 0 Å². The van der Waals surface area contributed by atoms with E-state index < -0.39 is 15.9 Å². The summed E-state index contributed by atoms with van der Waals surface area (Å²) in [5.74, 6) is -0.736. The molecule has 0 radical (unpaired) electrons. The van der Waals surface area contributed by atoms with Crippen molar-refractivity contribution in [1.82, 2.24) is 20.2 Å². The van der Waals surface area contributed by atoms with Crippen molar-refractivity contribution < 1.29 is 9.72 Å². The number of carbonyl (C=O) groups is 1. The van der Waals surface area contributed by atoms with Crippen LogP contribution in [-0.2, 0) is 4.79 Å². The number of anilines is 1. The number of rotatable bonds is 5. The first kappa shape index (κ1) is 17.5. The van der Waals surface area contributed by atoms with Crippen LogP contribution in [0.5, 0.6) is 0 Å². The van der Waals surface area contributed by atoms with Crippen LogP contribution in [0.15, 0.2) is 38.0 Å². The van der Waals surface area contributed by atoms with Gasteiger partial charge in [0.2, 0.25) is 11.1 Å². The predicted molar refractivity (Wildman–Crippen MR) is 84.6 cm³/mol. The van der Waals surface area contributed by atoms with E-state index in [1.54, 1.807) is 0 Å². The Morgan fingerprint density at radius 3 is 2.65 bits per heavy atom. The summed E-state index contributed by atoms with van der Waals surface area (Å²) < 4.78 is -0.381. The van der Waals surface area contributed by atoms with Crippen molar-refractivity contribution in [3.05, 3.63) is 38.0 Å². The van der Waals surface area contributed by atoms with Gasteiger partial charge in [0.15, 0.2) is 0 Å². The number of nitro groups is 1. The third-order valence-electron chi connectivity index (χ3n) is 2.19. The summed E-state index contributed by atoms with van der Waals surface area (Å²) in [6.45, 7) is 0. The van der Waals surface area contributed by atoms with Crippen LogP contribution in [0.3, 0.4) is 0 Å². The maximum absolute atomic E-state index is 11.6. The van der Waals surface area contributed by atoms with Gasteiger partial charge in [0.1, 0.15) is 20.7 Å². The Bertz CT molecular complexity index is 774. The Hall–Kier alpha value is -1.88. The Labute approximate surface area is 147 Å². The molecule has 2 rings (SSSR count). The lowest BCUT2D eigenvalue weighted by molar-refractivity contribution is -0.385. The normalized spacial score (nSPS) is 10.2. The monoisotopic (exact) mass is 394 g/mol. The zero-order valence-corrected chi connectivity index (χ0v) is 13.9. The summed E-state index contributed by atoms with van der Waals surface area (Å²) >= 11 is 17.4. The fourth-order valence-corrected chi connectivity index (χ4v) is 2.11. The summed E-state index contributed by atoms with van der Waals surface area (Å²) in [4.78, 5) is 29.4. The van der Waals surface area contributed by atoms with E-state index in [0.29, 0.717) is 5.03 Å². The van der Waals surface area contributed by atoms with Crippen molar-refractivity contribution in [3.8, 4) is 0 Å². The molecular formula is C10H5Cl3N6O3S. The molecule has 0 aromatic carbocycles. The molecule has 9 nitrogen and oxygen atoms in total. The molecule has 0 saturated heterocycles. The van der Waals surface area contributed by atoms with E-state index in [4.69, 9.17) is 34.8 Å². The number of nitrogens with one attached hydrogen (secondary N) is 2. The largest absolute Gasteiger partial charge is 0.290 e. The fraction of sp³-hybridized carbons (Fsp3) is 0. The number of halogens is 3. The predicted octanol–water partition coefficient (Wildman–Crippen LogP) is 3.08. The van der Waals surface area contributed by atoms with E-state index in [2.05, 4.69) is 25.5 Å². The highest BCUT2D eigenvalue weighted by molar-refractivity contribution is 7.99. The molecule has 13 heteroatoms. The average Bonchev–Trinajstić information content (AvgIpc) is 2.93. The molecule has 2 N–H and O–H groups in total. The number of carbonyl (C=O) groups excluding carboxylic acids is 1. The third kappa shape index (κ3) is 4.79. The van der Waals surface area contributed by atoms with Gasteiger partial charge in [0.05, 0.1) is 4.92 Å². The van der Waals surface area contributed by atoms with Gasteiger partial charge in [-0.2, -0.15) is 4.98 Å². The first-order valence-electron chi connectivity index (χ1n) is 5.59. The van der Waals surface area contributed by atoms with E-state index in [1.807, 2.05) is 0 Å². The zero-order valence-electron chi connectivity index (χ0n) is 10.8. The lowest BCUT2D eigenvalue weighted by Gasteiger charge is -1.99. The summed E-state index contributed by atoms with van der Waals surface area (Å²) in [5.41, 5.74) is -0.128. The molecule has 0 bridgehead atoms. The number of aromatic nitrogens is 4. The van der Waals surface area contributed by atoms with E-state index in [1.165, 1.54) is 12.1 Å². The Morgan fingerprint density at radius 1 is 1.35 bits per heavy atom. The number of amides is 1. The highest BCUT2D eigenvalue weighted by atomic mass is 35.5. The van der Waals surface area contributed by atoms with Crippen LogP contribution in [0.2, 0.25) is 0 Å². The minimum atomic E-state index is -0.757. The van der Waals surface area contributed by atoms with Crippen molar-refractivity contribution in [2.45, 2.75) is 10.2 Å². The molecule has 2 heterocycles. The molecular weight excluding hydrogens is 391 g/mol. The van der Waals surface area contributed by atoms with Crippen molar-refractivity contribution >= 4 is 64.1 Å². The van der Waals surface area contributed by atoms with Crippen LogP contribution in [-0.4, -0.2) is 31.0 Å². The molecule has 23 heavy (non-hydrogen) atoms. The van der Waals surface area contributed by atoms with E-state index >= 15 is 0 Å². The molecule has 2 aromatic rings. The van der Waals surface area contributed by atoms with Gasteiger partial charge in [-0.05, 0) is 17.8 Å². The zero-order chi connectivity index (χ0) is 17.0. The summed E-state index contributed by atoms with van der Waals surface area (Å²) in [7, 11) is 0. The number of hydrogen-bond donors (Lipinski definition) is 2. The van der Waals surface area contributed by atoms with E-state index in [9.17, 15) is 14.9 Å². The van der Waals surface area contributed by atoms with Gasteiger partial charge in [-0.25, -0.2) is 10.1 Å². The summed E-state index contributed by atoms with van der Waals surface area (Å²) in [6.07, 6.45) is 1.12. The average molecular weight is 396 g/mol. The molecule has 0 aliphatic rings. The first-order chi connectivity index (χ1) is 10.9. The molecule has 0 saturated carbocycles. The van der Waals surface area contributed by atoms with Crippen LogP contribution in [0.4, 0.5) is 11.6 Å². The number of aromatic amines is 1. The lowest BCUT2D eigenvalue weighted by atomic mass is 10.4. The second kappa shape index (κ2) is 7.59. The minimum Gasteiger partial charge on any atom is -0.290 e. The Balaban J connectivity index is 2.03. The van der Waals surface area contributed by atoms with Crippen molar-refractivity contribution in [2.24, 2.45) is 0 Å². The Morgan fingerprint density at radius 2 is 2.09 bits per heavy atom. The van der Waals surface area contributed by atoms with Crippen LogP contribution in [0.1, 0.15) is 0 Å². The molecule has 0 atom stereocenters.